The van der Waals surface area contributed by atoms with Gasteiger partial charge < -0.3 is 9.84 Å². The van der Waals surface area contributed by atoms with E-state index >= 15 is 0 Å². The lowest BCUT2D eigenvalue weighted by Gasteiger charge is -2.18. The molecule has 0 aromatic carbocycles. The molecule has 0 aliphatic heterocycles. The Morgan fingerprint density at radius 1 is 0.423 bits per heavy atom. The lowest BCUT2D eigenvalue weighted by atomic mass is 10.0. The summed E-state index contributed by atoms with van der Waals surface area (Å²) in [4.78, 5) is 23.5. The number of aliphatic carboxylic acids is 1. The van der Waals surface area contributed by atoms with Gasteiger partial charge >= 0.3 is 11.9 Å². The van der Waals surface area contributed by atoms with Crippen molar-refractivity contribution in [1.82, 2.24) is 0 Å². The number of ether oxygens (including phenoxy) is 1. The van der Waals surface area contributed by atoms with Crippen LogP contribution in [0.15, 0.2) is 48.6 Å². The number of esters is 1. The van der Waals surface area contributed by atoms with E-state index in [1.54, 1.807) is 0 Å². The minimum absolute atomic E-state index is 0.0118. The average Bonchev–Trinajstić information content (AvgIpc) is 3.13. The van der Waals surface area contributed by atoms with Gasteiger partial charge in [0, 0.05) is 12.8 Å². The highest BCUT2D eigenvalue weighted by Gasteiger charge is 2.14. The van der Waals surface area contributed by atoms with Crippen LogP contribution >= 0.6 is 0 Å². The second kappa shape index (κ2) is 43.3. The van der Waals surface area contributed by atoms with E-state index in [2.05, 4.69) is 62.5 Å². The SMILES string of the molecule is CCCCC/C=C\C/C=C\C/C=C\C/C=C\CCCCCCCC(=O)OC(CCCCCCCCCCCCCCC)CCCCCCCC(=O)O. The van der Waals surface area contributed by atoms with Crippen molar-refractivity contribution in [2.45, 2.75) is 245 Å². The minimum Gasteiger partial charge on any atom is -0.481 e. The van der Waals surface area contributed by atoms with E-state index in [0.29, 0.717) is 6.42 Å². The Morgan fingerprint density at radius 2 is 0.750 bits per heavy atom. The highest BCUT2D eigenvalue weighted by Crippen LogP contribution is 2.19. The van der Waals surface area contributed by atoms with Gasteiger partial charge in [-0.05, 0) is 83.5 Å². The van der Waals surface area contributed by atoms with Gasteiger partial charge in [-0.25, -0.2) is 0 Å². The zero-order valence-corrected chi connectivity index (χ0v) is 34.6. The molecule has 0 radical (unpaired) electrons. The molecule has 1 atom stereocenters. The van der Waals surface area contributed by atoms with Gasteiger partial charge in [0.1, 0.15) is 6.10 Å². The third kappa shape index (κ3) is 42.3. The van der Waals surface area contributed by atoms with Crippen LogP contribution in [-0.2, 0) is 14.3 Å². The van der Waals surface area contributed by atoms with Gasteiger partial charge in [0.25, 0.3) is 0 Å². The van der Waals surface area contributed by atoms with Crippen molar-refractivity contribution in [2.24, 2.45) is 0 Å². The molecule has 0 fully saturated rings. The lowest BCUT2D eigenvalue weighted by Crippen LogP contribution is -2.18. The van der Waals surface area contributed by atoms with E-state index in [0.717, 1.165) is 89.9 Å². The van der Waals surface area contributed by atoms with E-state index in [4.69, 9.17) is 9.84 Å². The molecule has 0 bridgehead atoms. The zero-order valence-electron chi connectivity index (χ0n) is 34.6. The molecule has 52 heavy (non-hydrogen) atoms. The molecule has 4 nitrogen and oxygen atoms in total. The molecule has 0 spiro atoms. The zero-order chi connectivity index (χ0) is 37.8. The maximum Gasteiger partial charge on any atom is 0.306 e. The van der Waals surface area contributed by atoms with E-state index < -0.39 is 5.97 Å². The second-order valence-electron chi connectivity index (χ2n) is 15.2. The van der Waals surface area contributed by atoms with Crippen LogP contribution in [0.25, 0.3) is 0 Å². The van der Waals surface area contributed by atoms with Crippen LogP contribution in [0.3, 0.4) is 0 Å². The number of allylic oxidation sites excluding steroid dienone is 8. The fraction of sp³-hybridized carbons (Fsp3) is 0.792. The Hall–Kier alpha value is -2.10. The molecule has 0 amide bonds. The molecule has 0 aliphatic rings. The summed E-state index contributed by atoms with van der Waals surface area (Å²) in [5.74, 6) is -0.713. The summed E-state index contributed by atoms with van der Waals surface area (Å²) >= 11 is 0. The van der Waals surface area contributed by atoms with Crippen LogP contribution in [0.4, 0.5) is 0 Å². The van der Waals surface area contributed by atoms with E-state index in [1.807, 2.05) is 0 Å². The van der Waals surface area contributed by atoms with Gasteiger partial charge in [-0.1, -0.05) is 191 Å². The predicted octanol–water partition coefficient (Wildman–Crippen LogP) is 15.9. The van der Waals surface area contributed by atoms with Crippen molar-refractivity contribution in [2.75, 3.05) is 0 Å². The maximum atomic E-state index is 12.7. The van der Waals surface area contributed by atoms with Crippen molar-refractivity contribution in [3.8, 4) is 0 Å². The fourth-order valence-electron chi connectivity index (χ4n) is 6.70. The summed E-state index contributed by atoms with van der Waals surface area (Å²) in [6, 6.07) is 0. The first-order valence-corrected chi connectivity index (χ1v) is 22.6. The Morgan fingerprint density at radius 3 is 1.19 bits per heavy atom. The first-order valence-electron chi connectivity index (χ1n) is 22.6. The molecule has 1 N–H and O–H groups in total. The van der Waals surface area contributed by atoms with E-state index in [-0.39, 0.29) is 18.5 Å². The van der Waals surface area contributed by atoms with Gasteiger partial charge in [0.2, 0.25) is 0 Å². The van der Waals surface area contributed by atoms with E-state index in [9.17, 15) is 9.59 Å². The Bertz CT molecular complexity index is 870. The topological polar surface area (TPSA) is 63.6 Å². The molecule has 0 aliphatic carbocycles. The summed E-state index contributed by atoms with van der Waals surface area (Å²) in [7, 11) is 0. The largest absolute Gasteiger partial charge is 0.481 e. The van der Waals surface area contributed by atoms with Crippen molar-refractivity contribution in [3.63, 3.8) is 0 Å². The van der Waals surface area contributed by atoms with E-state index in [1.165, 1.54) is 122 Å². The van der Waals surface area contributed by atoms with Crippen LogP contribution in [0.1, 0.15) is 239 Å². The predicted molar refractivity (Wildman–Crippen MR) is 227 cm³/mol. The first-order chi connectivity index (χ1) is 25.6. The number of hydrogen-bond acceptors (Lipinski definition) is 3. The summed E-state index contributed by atoms with van der Waals surface area (Å²) in [6.45, 7) is 4.53. The number of carbonyl (C=O) groups is 2. The van der Waals surface area contributed by atoms with Crippen molar-refractivity contribution in [3.05, 3.63) is 48.6 Å². The molecule has 0 rings (SSSR count). The molecule has 4 heteroatoms. The highest BCUT2D eigenvalue weighted by atomic mass is 16.5. The number of rotatable bonds is 41. The number of carboxylic acid groups (broad SMARTS) is 1. The van der Waals surface area contributed by atoms with Gasteiger partial charge in [-0.2, -0.15) is 0 Å². The van der Waals surface area contributed by atoms with Crippen LogP contribution in [0.2, 0.25) is 0 Å². The molecular weight excluding hydrogens is 641 g/mol. The first kappa shape index (κ1) is 49.9. The van der Waals surface area contributed by atoms with Gasteiger partial charge in [0.05, 0.1) is 0 Å². The van der Waals surface area contributed by atoms with Crippen LogP contribution < -0.4 is 0 Å². The fourth-order valence-corrected chi connectivity index (χ4v) is 6.70. The summed E-state index contributed by atoms with van der Waals surface area (Å²) in [6.07, 6.45) is 58.5. The monoisotopic (exact) mass is 727 g/mol. The molecular formula is C48H86O4. The Kier molecular flexibility index (Phi) is 41.6. The minimum atomic E-state index is -0.702. The van der Waals surface area contributed by atoms with Crippen molar-refractivity contribution < 1.29 is 19.4 Å². The lowest BCUT2D eigenvalue weighted by molar-refractivity contribution is -0.150. The molecule has 0 heterocycles. The molecule has 0 aromatic heterocycles. The van der Waals surface area contributed by atoms with Gasteiger partial charge in [0.15, 0.2) is 0 Å². The van der Waals surface area contributed by atoms with Crippen molar-refractivity contribution >= 4 is 11.9 Å². The van der Waals surface area contributed by atoms with Crippen LogP contribution in [-0.4, -0.2) is 23.1 Å². The smallest absolute Gasteiger partial charge is 0.306 e. The standard InChI is InChI=1S/C48H86O4/c1-3-5-7-9-11-13-15-17-18-19-20-21-22-23-24-26-28-30-32-37-41-45-48(51)52-46(43-39-35-33-36-40-44-47(49)50)42-38-34-31-29-27-25-16-14-12-10-8-6-4-2/h11,13,17-18,20-21,23-24,46H,3-10,12,14-16,19,22,25-45H2,1-2H3,(H,49,50)/b13-11-,18-17-,21-20-,24-23-. The van der Waals surface area contributed by atoms with Gasteiger partial charge in [-0.15, -0.1) is 0 Å². The average molecular weight is 727 g/mol. The second-order valence-corrected chi connectivity index (χ2v) is 15.2. The number of hydrogen-bond donors (Lipinski definition) is 1. The molecule has 0 saturated heterocycles. The third-order valence-corrected chi connectivity index (χ3v) is 10.1. The summed E-state index contributed by atoms with van der Waals surface area (Å²) < 4.78 is 6.02. The van der Waals surface area contributed by atoms with Crippen molar-refractivity contribution in [1.29, 1.82) is 0 Å². The number of carboxylic acids is 1. The molecule has 302 valence electrons. The van der Waals surface area contributed by atoms with Gasteiger partial charge in [-0.3, -0.25) is 9.59 Å². The van der Waals surface area contributed by atoms with Crippen LogP contribution in [0, 0.1) is 0 Å². The van der Waals surface area contributed by atoms with Crippen LogP contribution in [0.5, 0.6) is 0 Å². The molecule has 0 aromatic rings. The summed E-state index contributed by atoms with van der Waals surface area (Å²) in [5.41, 5.74) is 0. The maximum absolute atomic E-state index is 12.7. The summed E-state index contributed by atoms with van der Waals surface area (Å²) in [5, 5.41) is 8.84. The highest BCUT2D eigenvalue weighted by molar-refractivity contribution is 5.69. The normalized spacial score (nSPS) is 12.7. The number of unbranched alkanes of at least 4 members (excludes halogenated alkanes) is 24. The molecule has 0 saturated carbocycles. The Labute approximate surface area is 323 Å². The quantitative estimate of drug-likeness (QED) is 0.0387. The molecule has 1 unspecified atom stereocenters. The number of carbonyl (C=O) groups excluding carboxylic acids is 1. The third-order valence-electron chi connectivity index (χ3n) is 10.1. The Balaban J connectivity index is 4.03.